The van der Waals surface area contributed by atoms with Gasteiger partial charge in [-0.3, -0.25) is 9.78 Å². The quantitative estimate of drug-likeness (QED) is 0.934. The maximum Gasteiger partial charge on any atom is 0.226 e. The highest BCUT2D eigenvalue weighted by molar-refractivity contribution is 5.90. The summed E-state index contributed by atoms with van der Waals surface area (Å²) in [4.78, 5) is 19.5. The van der Waals surface area contributed by atoms with Gasteiger partial charge in [-0.25, -0.2) is 13.8 Å². The van der Waals surface area contributed by atoms with E-state index in [1.165, 1.54) is 30.7 Å². The topological polar surface area (TPSA) is 54.9 Å². The van der Waals surface area contributed by atoms with Gasteiger partial charge in [0, 0.05) is 24.9 Å². The van der Waals surface area contributed by atoms with Gasteiger partial charge in [0.25, 0.3) is 0 Å². The van der Waals surface area contributed by atoms with E-state index in [9.17, 15) is 13.6 Å². The van der Waals surface area contributed by atoms with Crippen molar-refractivity contribution < 1.29 is 13.6 Å². The second kappa shape index (κ2) is 6.18. The summed E-state index contributed by atoms with van der Waals surface area (Å²) in [6, 6.07) is 3.34. The van der Waals surface area contributed by atoms with Gasteiger partial charge in [0.1, 0.15) is 11.6 Å². The molecule has 4 nitrogen and oxygen atoms in total. The van der Waals surface area contributed by atoms with Crippen LogP contribution < -0.4 is 5.32 Å². The third kappa shape index (κ3) is 3.57. The molecule has 2 rings (SSSR count). The molecule has 0 bridgehead atoms. The van der Waals surface area contributed by atoms with Crippen LogP contribution in [0.1, 0.15) is 24.8 Å². The maximum atomic E-state index is 13.6. The molecule has 1 N–H and O–H groups in total. The molecule has 0 spiro atoms. The molecule has 1 amide bonds. The number of aromatic nitrogens is 2. The van der Waals surface area contributed by atoms with E-state index in [0.29, 0.717) is 11.4 Å². The third-order valence-corrected chi connectivity index (χ3v) is 2.82. The first-order chi connectivity index (χ1) is 9.56. The largest absolute Gasteiger partial charge is 0.309 e. The van der Waals surface area contributed by atoms with E-state index < -0.39 is 11.6 Å². The van der Waals surface area contributed by atoms with Crippen LogP contribution in [0.3, 0.4) is 0 Å². The number of carbonyl (C=O) groups excluding carboxylic acids is 1. The number of hydrogen-bond donors (Lipinski definition) is 1. The highest BCUT2D eigenvalue weighted by Crippen LogP contribution is 2.23. The van der Waals surface area contributed by atoms with Crippen molar-refractivity contribution in [3.05, 3.63) is 54.0 Å². The lowest BCUT2D eigenvalue weighted by atomic mass is 9.97. The highest BCUT2D eigenvalue weighted by atomic mass is 19.1. The van der Waals surface area contributed by atoms with Gasteiger partial charge in [0.2, 0.25) is 5.91 Å². The van der Waals surface area contributed by atoms with Crippen LogP contribution in [0.15, 0.2) is 36.8 Å². The first-order valence-electron chi connectivity index (χ1n) is 6.07. The summed E-state index contributed by atoms with van der Waals surface area (Å²) < 4.78 is 26.4. The van der Waals surface area contributed by atoms with E-state index in [2.05, 4.69) is 15.3 Å². The van der Waals surface area contributed by atoms with Crippen LogP contribution in [0, 0.1) is 11.6 Å². The minimum absolute atomic E-state index is 0.0686. The minimum atomic E-state index is -0.648. The smallest absolute Gasteiger partial charge is 0.226 e. The summed E-state index contributed by atoms with van der Waals surface area (Å²) >= 11 is 0. The Bertz CT molecular complexity index is 605. The SMILES string of the molecule is CC(CC(=O)Nc1cnccn1)c1ccc(F)cc1F. The van der Waals surface area contributed by atoms with Gasteiger partial charge in [0.15, 0.2) is 5.82 Å². The summed E-state index contributed by atoms with van der Waals surface area (Å²) in [6.45, 7) is 1.70. The summed E-state index contributed by atoms with van der Waals surface area (Å²) in [5.41, 5.74) is 0.306. The molecule has 1 aromatic heterocycles. The zero-order valence-electron chi connectivity index (χ0n) is 10.8. The second-order valence-electron chi connectivity index (χ2n) is 4.41. The fraction of sp³-hybridized carbons (Fsp3) is 0.214. The summed E-state index contributed by atoms with van der Waals surface area (Å²) in [7, 11) is 0. The molecule has 20 heavy (non-hydrogen) atoms. The van der Waals surface area contributed by atoms with Crippen molar-refractivity contribution in [3.8, 4) is 0 Å². The first-order valence-corrected chi connectivity index (χ1v) is 6.07. The fourth-order valence-corrected chi connectivity index (χ4v) is 1.85. The van der Waals surface area contributed by atoms with Crippen molar-refractivity contribution in [2.45, 2.75) is 19.3 Å². The van der Waals surface area contributed by atoms with Crippen molar-refractivity contribution in [1.29, 1.82) is 0 Å². The molecular weight excluding hydrogens is 264 g/mol. The molecule has 0 aliphatic carbocycles. The van der Waals surface area contributed by atoms with Gasteiger partial charge >= 0.3 is 0 Å². The molecule has 0 aliphatic heterocycles. The molecule has 6 heteroatoms. The van der Waals surface area contributed by atoms with Crippen molar-refractivity contribution in [2.24, 2.45) is 0 Å². The molecule has 0 saturated heterocycles. The summed E-state index contributed by atoms with van der Waals surface area (Å²) in [6.07, 6.45) is 4.44. The number of benzene rings is 1. The van der Waals surface area contributed by atoms with Crippen LogP contribution in [-0.2, 0) is 4.79 Å². The number of rotatable bonds is 4. The molecule has 0 saturated carbocycles. The summed E-state index contributed by atoms with van der Waals surface area (Å²) in [5, 5.41) is 2.56. The Balaban J connectivity index is 2.00. The highest BCUT2D eigenvalue weighted by Gasteiger charge is 2.15. The Morgan fingerprint density at radius 2 is 2.15 bits per heavy atom. The fourth-order valence-electron chi connectivity index (χ4n) is 1.85. The van der Waals surface area contributed by atoms with E-state index >= 15 is 0 Å². The predicted molar refractivity (Wildman–Crippen MR) is 70.1 cm³/mol. The average molecular weight is 277 g/mol. The Hall–Kier alpha value is -2.37. The van der Waals surface area contributed by atoms with Crippen molar-refractivity contribution >= 4 is 11.7 Å². The van der Waals surface area contributed by atoms with Gasteiger partial charge in [-0.05, 0) is 17.5 Å². The minimum Gasteiger partial charge on any atom is -0.309 e. The van der Waals surface area contributed by atoms with Crippen LogP contribution in [-0.4, -0.2) is 15.9 Å². The van der Waals surface area contributed by atoms with Gasteiger partial charge < -0.3 is 5.32 Å². The number of nitrogens with zero attached hydrogens (tertiary/aromatic N) is 2. The van der Waals surface area contributed by atoms with Crippen LogP contribution in [0.5, 0.6) is 0 Å². The maximum absolute atomic E-state index is 13.6. The van der Waals surface area contributed by atoms with Crippen molar-refractivity contribution in [3.63, 3.8) is 0 Å². The number of halogens is 2. The molecular formula is C14H13F2N3O. The number of nitrogens with one attached hydrogen (secondary N) is 1. The number of anilines is 1. The Kier molecular flexibility index (Phi) is 4.34. The molecule has 1 unspecified atom stereocenters. The van der Waals surface area contributed by atoms with Crippen LogP contribution in [0.4, 0.5) is 14.6 Å². The lowest BCUT2D eigenvalue weighted by molar-refractivity contribution is -0.116. The molecule has 1 heterocycles. The zero-order chi connectivity index (χ0) is 14.5. The zero-order valence-corrected chi connectivity index (χ0v) is 10.8. The molecule has 1 aromatic carbocycles. The number of amides is 1. The number of carbonyl (C=O) groups is 1. The Morgan fingerprint density at radius 3 is 2.80 bits per heavy atom. The molecule has 0 aliphatic rings. The molecule has 0 fully saturated rings. The van der Waals surface area contributed by atoms with Crippen molar-refractivity contribution in [1.82, 2.24) is 9.97 Å². The van der Waals surface area contributed by atoms with Crippen LogP contribution in [0.2, 0.25) is 0 Å². The molecule has 0 radical (unpaired) electrons. The van der Waals surface area contributed by atoms with Gasteiger partial charge in [0.05, 0.1) is 6.20 Å². The summed E-state index contributed by atoms with van der Waals surface area (Å²) in [5.74, 6) is -1.62. The van der Waals surface area contributed by atoms with E-state index in [-0.39, 0.29) is 18.2 Å². The van der Waals surface area contributed by atoms with Gasteiger partial charge in [-0.2, -0.15) is 0 Å². The van der Waals surface area contributed by atoms with Crippen LogP contribution in [0.25, 0.3) is 0 Å². The van der Waals surface area contributed by atoms with E-state index in [4.69, 9.17) is 0 Å². The third-order valence-electron chi connectivity index (χ3n) is 2.82. The van der Waals surface area contributed by atoms with E-state index in [1.807, 2.05) is 0 Å². The van der Waals surface area contributed by atoms with Crippen LogP contribution >= 0.6 is 0 Å². The Morgan fingerprint density at radius 1 is 1.35 bits per heavy atom. The van der Waals surface area contributed by atoms with Gasteiger partial charge in [-0.15, -0.1) is 0 Å². The monoisotopic (exact) mass is 277 g/mol. The predicted octanol–water partition coefficient (Wildman–Crippen LogP) is 2.89. The Labute approximate surface area is 114 Å². The normalized spacial score (nSPS) is 11.9. The lowest BCUT2D eigenvalue weighted by Crippen LogP contribution is -2.15. The van der Waals surface area contributed by atoms with E-state index in [1.54, 1.807) is 6.92 Å². The molecule has 1 atom stereocenters. The molecule has 2 aromatic rings. The van der Waals surface area contributed by atoms with E-state index in [0.717, 1.165) is 6.07 Å². The average Bonchev–Trinajstić information content (AvgIpc) is 2.39. The first kappa shape index (κ1) is 14.0. The van der Waals surface area contributed by atoms with Gasteiger partial charge in [-0.1, -0.05) is 13.0 Å². The number of hydrogen-bond acceptors (Lipinski definition) is 3. The molecule has 104 valence electrons. The second-order valence-corrected chi connectivity index (χ2v) is 4.41. The van der Waals surface area contributed by atoms with Crippen molar-refractivity contribution in [2.75, 3.05) is 5.32 Å². The standard InChI is InChI=1S/C14H13F2N3O/c1-9(11-3-2-10(15)7-12(11)16)6-14(20)19-13-8-17-4-5-18-13/h2-5,7-9H,6H2,1H3,(H,18,19,20). The lowest BCUT2D eigenvalue weighted by Gasteiger charge is -2.12.